The van der Waals surface area contributed by atoms with Crippen molar-refractivity contribution >= 4 is 25.8 Å². The van der Waals surface area contributed by atoms with Crippen molar-refractivity contribution in [2.24, 2.45) is 5.73 Å². The second-order valence-electron chi connectivity index (χ2n) is 5.24. The number of rotatable bonds is 11. The zero-order valence-corrected chi connectivity index (χ0v) is 14.4. The molecule has 9 nitrogen and oxygen atoms in total. The zero-order valence-electron chi connectivity index (χ0n) is 13.4. The lowest BCUT2D eigenvalue weighted by Crippen LogP contribution is -2.53. The van der Waals surface area contributed by atoms with Crippen molar-refractivity contribution in [2.45, 2.75) is 63.8 Å². The summed E-state index contributed by atoms with van der Waals surface area (Å²) in [7, 11) is -3.26. The Hall–Kier alpha value is -1.44. The highest BCUT2D eigenvalue weighted by Gasteiger charge is 2.27. The Morgan fingerprint density at radius 3 is 2.09 bits per heavy atom. The van der Waals surface area contributed by atoms with E-state index in [0.29, 0.717) is 25.7 Å². The van der Waals surface area contributed by atoms with Crippen LogP contribution in [0.2, 0.25) is 0 Å². The molecule has 23 heavy (non-hydrogen) atoms. The molecule has 0 saturated heterocycles. The SMILES string of the molecule is CCC[C@H](NC(=O)[C@@H](N)CCC)C(=O)NC(CC(=O)O)[PH](=O)O. The van der Waals surface area contributed by atoms with Crippen molar-refractivity contribution < 1.29 is 28.9 Å². The molecule has 4 atom stereocenters. The number of carbonyl (C=O) groups is 3. The third-order valence-electron chi connectivity index (χ3n) is 3.14. The summed E-state index contributed by atoms with van der Waals surface area (Å²) in [6, 6.07) is -1.66. The minimum atomic E-state index is -3.26. The molecule has 10 heteroatoms. The Morgan fingerprint density at radius 2 is 1.65 bits per heavy atom. The van der Waals surface area contributed by atoms with Crippen LogP contribution in [-0.4, -0.2) is 45.7 Å². The van der Waals surface area contributed by atoms with Crippen LogP contribution in [0.3, 0.4) is 0 Å². The van der Waals surface area contributed by atoms with Crippen LogP contribution < -0.4 is 16.4 Å². The van der Waals surface area contributed by atoms with Crippen LogP contribution in [-0.2, 0) is 18.9 Å². The largest absolute Gasteiger partial charge is 0.481 e. The summed E-state index contributed by atoms with van der Waals surface area (Å²) in [4.78, 5) is 43.8. The standard InChI is InChI=1S/C13H26N3O6P/c1-3-5-8(14)12(19)15-9(6-4-2)13(20)16-10(23(21)22)7-11(17)18/h8-10,23H,3-7,14H2,1-2H3,(H,15,19)(H,16,20)(H,17,18)(H,21,22)/t8-,9-,10?/m0/s1. The summed E-state index contributed by atoms with van der Waals surface area (Å²) in [6.07, 6.45) is 1.41. The number of hydrogen-bond donors (Lipinski definition) is 5. The van der Waals surface area contributed by atoms with Crippen molar-refractivity contribution in [3.63, 3.8) is 0 Å². The number of carboxylic acids is 1. The van der Waals surface area contributed by atoms with Crippen LogP contribution in [0.1, 0.15) is 46.0 Å². The molecule has 0 fully saturated rings. The van der Waals surface area contributed by atoms with Gasteiger partial charge in [-0.05, 0) is 12.8 Å². The second kappa shape index (κ2) is 11.2. The number of amides is 2. The van der Waals surface area contributed by atoms with Gasteiger partial charge < -0.3 is 26.4 Å². The van der Waals surface area contributed by atoms with Gasteiger partial charge in [0.2, 0.25) is 19.8 Å². The number of nitrogens with two attached hydrogens (primary N) is 1. The molecule has 0 aliphatic carbocycles. The summed E-state index contributed by atoms with van der Waals surface area (Å²) in [6.45, 7) is 3.68. The number of aliphatic carboxylic acids is 1. The fourth-order valence-electron chi connectivity index (χ4n) is 1.93. The van der Waals surface area contributed by atoms with Gasteiger partial charge in [0.15, 0.2) is 0 Å². The summed E-state index contributed by atoms with van der Waals surface area (Å²) in [5.74, 6) is -3.84. The van der Waals surface area contributed by atoms with Gasteiger partial charge in [0.25, 0.3) is 0 Å². The number of carbonyl (C=O) groups excluding carboxylic acids is 2. The molecule has 2 unspecified atom stereocenters. The molecule has 0 aromatic heterocycles. The van der Waals surface area contributed by atoms with Gasteiger partial charge in [-0.2, -0.15) is 0 Å². The summed E-state index contributed by atoms with van der Waals surface area (Å²) in [5, 5.41) is 13.4. The highest BCUT2D eigenvalue weighted by molar-refractivity contribution is 7.38. The topological polar surface area (TPSA) is 159 Å². The second-order valence-corrected chi connectivity index (χ2v) is 6.62. The van der Waals surface area contributed by atoms with E-state index >= 15 is 0 Å². The third kappa shape index (κ3) is 8.68. The fraction of sp³-hybridized carbons (Fsp3) is 0.769. The Balaban J connectivity index is 4.86. The maximum Gasteiger partial charge on any atom is 0.306 e. The van der Waals surface area contributed by atoms with Gasteiger partial charge in [-0.1, -0.05) is 26.7 Å². The van der Waals surface area contributed by atoms with Crippen molar-refractivity contribution in [1.82, 2.24) is 10.6 Å². The minimum Gasteiger partial charge on any atom is -0.481 e. The molecule has 0 heterocycles. The first kappa shape index (κ1) is 21.6. The van der Waals surface area contributed by atoms with E-state index in [1.165, 1.54) is 0 Å². The molecular weight excluding hydrogens is 325 g/mol. The lowest BCUT2D eigenvalue weighted by atomic mass is 10.1. The molecule has 0 aromatic rings. The van der Waals surface area contributed by atoms with Gasteiger partial charge in [-0.15, -0.1) is 0 Å². The molecule has 0 aromatic carbocycles. The Kier molecular flexibility index (Phi) is 10.5. The van der Waals surface area contributed by atoms with Crippen LogP contribution >= 0.6 is 8.03 Å². The van der Waals surface area contributed by atoms with Crippen LogP contribution in [0.4, 0.5) is 0 Å². The first-order chi connectivity index (χ1) is 10.7. The lowest BCUT2D eigenvalue weighted by molar-refractivity contribution is -0.137. The summed E-state index contributed by atoms with van der Waals surface area (Å²) >= 11 is 0. The molecule has 6 N–H and O–H groups in total. The number of nitrogens with one attached hydrogen (secondary N) is 2. The van der Waals surface area contributed by atoms with Gasteiger partial charge in [0.1, 0.15) is 11.8 Å². The normalized spacial score (nSPS) is 16.0. The maximum absolute atomic E-state index is 12.2. The third-order valence-corrected chi connectivity index (χ3v) is 4.08. The van der Waals surface area contributed by atoms with Gasteiger partial charge in [0, 0.05) is 0 Å². The number of carboxylic acid groups (broad SMARTS) is 1. The quantitative estimate of drug-likeness (QED) is 0.322. The van der Waals surface area contributed by atoms with Crippen LogP contribution in [0.5, 0.6) is 0 Å². The van der Waals surface area contributed by atoms with E-state index in [4.69, 9.17) is 15.7 Å². The molecule has 2 amide bonds. The predicted molar refractivity (Wildman–Crippen MR) is 85.1 cm³/mol. The predicted octanol–water partition coefficient (Wildman–Crippen LogP) is -0.217. The molecule has 0 rings (SSSR count). The van der Waals surface area contributed by atoms with E-state index in [-0.39, 0.29) is 0 Å². The molecule has 0 aliphatic rings. The summed E-state index contributed by atoms with van der Waals surface area (Å²) < 4.78 is 11.2. The van der Waals surface area contributed by atoms with E-state index in [2.05, 4.69) is 10.6 Å². The molecular formula is C13H26N3O6P. The average Bonchev–Trinajstić information content (AvgIpc) is 2.45. The van der Waals surface area contributed by atoms with Crippen molar-refractivity contribution in [1.29, 1.82) is 0 Å². The van der Waals surface area contributed by atoms with Crippen LogP contribution in [0.15, 0.2) is 0 Å². The molecule has 0 saturated carbocycles. The highest BCUT2D eigenvalue weighted by Crippen LogP contribution is 2.23. The Labute approximate surface area is 135 Å². The molecule has 0 radical (unpaired) electrons. The highest BCUT2D eigenvalue weighted by atomic mass is 31.1. The van der Waals surface area contributed by atoms with Gasteiger partial charge in [-0.25, -0.2) is 0 Å². The van der Waals surface area contributed by atoms with Crippen LogP contribution in [0, 0.1) is 0 Å². The van der Waals surface area contributed by atoms with E-state index in [1.807, 2.05) is 13.8 Å². The monoisotopic (exact) mass is 351 g/mol. The van der Waals surface area contributed by atoms with Crippen LogP contribution in [0.25, 0.3) is 0 Å². The van der Waals surface area contributed by atoms with Crippen molar-refractivity contribution in [3.05, 3.63) is 0 Å². The Morgan fingerprint density at radius 1 is 1.09 bits per heavy atom. The molecule has 0 bridgehead atoms. The van der Waals surface area contributed by atoms with Crippen molar-refractivity contribution in [3.8, 4) is 0 Å². The molecule has 0 spiro atoms. The smallest absolute Gasteiger partial charge is 0.306 e. The van der Waals surface area contributed by atoms with E-state index in [1.54, 1.807) is 0 Å². The Bertz CT molecular complexity index is 445. The zero-order chi connectivity index (χ0) is 18.0. The summed E-state index contributed by atoms with van der Waals surface area (Å²) in [5.41, 5.74) is 5.68. The van der Waals surface area contributed by atoms with E-state index in [9.17, 15) is 18.9 Å². The fourth-order valence-corrected chi connectivity index (χ4v) is 2.54. The van der Waals surface area contributed by atoms with Gasteiger partial charge in [0.05, 0.1) is 12.5 Å². The average molecular weight is 351 g/mol. The van der Waals surface area contributed by atoms with E-state index in [0.717, 1.165) is 0 Å². The number of hydrogen-bond acceptors (Lipinski definition) is 5. The van der Waals surface area contributed by atoms with E-state index < -0.39 is 50.1 Å². The maximum atomic E-state index is 12.2. The lowest BCUT2D eigenvalue weighted by Gasteiger charge is -2.22. The minimum absolute atomic E-state index is 0.308. The van der Waals surface area contributed by atoms with Gasteiger partial charge >= 0.3 is 5.97 Å². The first-order valence-corrected chi connectivity index (χ1v) is 8.97. The van der Waals surface area contributed by atoms with Gasteiger partial charge in [-0.3, -0.25) is 18.9 Å². The molecule has 0 aliphatic heterocycles. The molecule has 134 valence electrons. The van der Waals surface area contributed by atoms with Crippen molar-refractivity contribution in [2.75, 3.05) is 0 Å². The first-order valence-electron chi connectivity index (χ1n) is 7.53.